The third-order valence-electron chi connectivity index (χ3n) is 5.37. The Balaban J connectivity index is 1.58. The monoisotopic (exact) mass is 359 g/mol. The van der Waals surface area contributed by atoms with Gasteiger partial charge in [-0.15, -0.1) is 0 Å². The topological polar surface area (TPSA) is 55.4 Å². The van der Waals surface area contributed by atoms with Crippen molar-refractivity contribution in [2.75, 3.05) is 6.61 Å². The molecule has 1 aromatic carbocycles. The fourth-order valence-corrected chi connectivity index (χ4v) is 3.62. The van der Waals surface area contributed by atoms with E-state index in [0.717, 1.165) is 37.2 Å². The molecule has 4 nitrogen and oxygen atoms in total. The number of esters is 1. The van der Waals surface area contributed by atoms with Gasteiger partial charge < -0.3 is 10.1 Å². The molecular formula is C22H33NO3. The second kappa shape index (κ2) is 9.75. The highest BCUT2D eigenvalue weighted by molar-refractivity contribution is 5.81. The first-order valence-corrected chi connectivity index (χ1v) is 9.83. The van der Waals surface area contributed by atoms with Crippen LogP contribution in [0.15, 0.2) is 30.3 Å². The summed E-state index contributed by atoms with van der Waals surface area (Å²) in [6, 6.07) is 10.2. The molecule has 1 aromatic rings. The van der Waals surface area contributed by atoms with Crippen LogP contribution in [-0.4, -0.2) is 24.5 Å². The number of amides is 1. The van der Waals surface area contributed by atoms with Crippen LogP contribution in [0.3, 0.4) is 0 Å². The van der Waals surface area contributed by atoms with E-state index in [1.807, 2.05) is 30.3 Å². The summed E-state index contributed by atoms with van der Waals surface area (Å²) in [4.78, 5) is 23.9. The van der Waals surface area contributed by atoms with Crippen LogP contribution in [0.5, 0.6) is 0 Å². The number of carbonyl (C=O) groups is 2. The lowest BCUT2D eigenvalue weighted by Crippen LogP contribution is -2.39. The summed E-state index contributed by atoms with van der Waals surface area (Å²) in [5, 5.41) is 3.08. The molecule has 0 aromatic heterocycles. The molecule has 0 spiro atoms. The van der Waals surface area contributed by atoms with Gasteiger partial charge in [-0.25, -0.2) is 0 Å². The largest absolute Gasteiger partial charge is 0.465 e. The molecule has 1 fully saturated rings. The van der Waals surface area contributed by atoms with Gasteiger partial charge in [0, 0.05) is 18.9 Å². The van der Waals surface area contributed by atoms with Gasteiger partial charge in [-0.3, -0.25) is 9.59 Å². The Bertz CT molecular complexity index is 569. The molecule has 1 N–H and O–H groups in total. The minimum Gasteiger partial charge on any atom is -0.465 e. The van der Waals surface area contributed by atoms with Gasteiger partial charge in [-0.1, -0.05) is 51.1 Å². The first-order valence-electron chi connectivity index (χ1n) is 9.83. The molecule has 0 unspecified atom stereocenters. The minimum atomic E-state index is -0.299. The van der Waals surface area contributed by atoms with E-state index in [1.165, 1.54) is 0 Å². The molecule has 2 rings (SSSR count). The molecule has 4 heteroatoms. The Morgan fingerprint density at radius 2 is 1.69 bits per heavy atom. The van der Waals surface area contributed by atoms with Crippen LogP contribution in [0, 0.1) is 11.3 Å². The highest BCUT2D eigenvalue weighted by Crippen LogP contribution is 2.37. The molecule has 0 aliphatic heterocycles. The molecule has 0 atom stereocenters. The van der Waals surface area contributed by atoms with Gasteiger partial charge in [-0.2, -0.15) is 0 Å². The van der Waals surface area contributed by atoms with Crippen molar-refractivity contribution in [1.29, 1.82) is 0 Å². The predicted molar refractivity (Wildman–Crippen MR) is 104 cm³/mol. The molecule has 144 valence electrons. The Morgan fingerprint density at radius 3 is 2.31 bits per heavy atom. The van der Waals surface area contributed by atoms with Crippen LogP contribution in [0.2, 0.25) is 0 Å². The molecule has 1 saturated carbocycles. The third kappa shape index (κ3) is 7.19. The van der Waals surface area contributed by atoms with E-state index in [9.17, 15) is 9.59 Å². The lowest BCUT2D eigenvalue weighted by Gasteiger charge is -2.37. The van der Waals surface area contributed by atoms with Crippen LogP contribution in [0.25, 0.3) is 0 Å². The molecule has 1 aliphatic carbocycles. The van der Waals surface area contributed by atoms with Gasteiger partial charge in [0.05, 0.1) is 13.0 Å². The fraction of sp³-hybridized carbons (Fsp3) is 0.636. The van der Waals surface area contributed by atoms with Crippen molar-refractivity contribution in [3.8, 4) is 0 Å². The summed E-state index contributed by atoms with van der Waals surface area (Å²) in [6.45, 7) is 7.24. The van der Waals surface area contributed by atoms with Crippen LogP contribution in [0.4, 0.5) is 0 Å². The second-order valence-electron chi connectivity index (χ2n) is 8.44. The molecule has 26 heavy (non-hydrogen) atoms. The summed E-state index contributed by atoms with van der Waals surface area (Å²) < 4.78 is 5.22. The van der Waals surface area contributed by atoms with Crippen LogP contribution in [0.1, 0.15) is 64.9 Å². The smallest absolute Gasteiger partial charge is 0.306 e. The van der Waals surface area contributed by atoms with Crippen molar-refractivity contribution in [1.82, 2.24) is 5.32 Å². The molecule has 1 aliphatic rings. The van der Waals surface area contributed by atoms with Gasteiger partial charge in [-0.05, 0) is 42.6 Å². The Morgan fingerprint density at radius 1 is 1.04 bits per heavy atom. The predicted octanol–water partition coefficient (Wildman–Crippen LogP) is 4.27. The van der Waals surface area contributed by atoms with Gasteiger partial charge in [0.2, 0.25) is 5.91 Å². The maximum Gasteiger partial charge on any atom is 0.306 e. The van der Waals surface area contributed by atoms with Crippen molar-refractivity contribution in [3.63, 3.8) is 0 Å². The van der Waals surface area contributed by atoms with Crippen molar-refractivity contribution in [2.24, 2.45) is 11.3 Å². The lowest BCUT2D eigenvalue weighted by molar-refractivity contribution is -0.145. The van der Waals surface area contributed by atoms with Crippen molar-refractivity contribution in [2.45, 2.75) is 71.8 Å². The Kier molecular flexibility index (Phi) is 7.67. The normalized spacial score (nSPS) is 20.4. The number of hydrogen-bond donors (Lipinski definition) is 1. The quantitative estimate of drug-likeness (QED) is 0.740. The van der Waals surface area contributed by atoms with Crippen LogP contribution >= 0.6 is 0 Å². The average Bonchev–Trinajstić information content (AvgIpc) is 2.60. The summed E-state index contributed by atoms with van der Waals surface area (Å²) in [6.07, 6.45) is 5.47. The molecule has 1 amide bonds. The van der Waals surface area contributed by atoms with Gasteiger partial charge >= 0.3 is 5.97 Å². The number of carbonyl (C=O) groups excluding carboxylic acids is 2. The number of nitrogens with one attached hydrogen (secondary N) is 1. The van der Waals surface area contributed by atoms with E-state index >= 15 is 0 Å². The zero-order valence-corrected chi connectivity index (χ0v) is 16.4. The summed E-state index contributed by atoms with van der Waals surface area (Å²) in [5.74, 6) is 0.395. The standard InChI is InChI=1S/C22H33NO3/c1-22(2,3)18-9-11-19(12-10-18)23-20(24)13-14-21(25)26-16-15-17-7-5-4-6-8-17/h4-8,18-19H,9-16H2,1-3H3,(H,23,24). The molecule has 0 radical (unpaired) electrons. The third-order valence-corrected chi connectivity index (χ3v) is 5.37. The van der Waals surface area contributed by atoms with Gasteiger partial charge in [0.15, 0.2) is 0 Å². The number of ether oxygens (including phenoxy) is 1. The molecular weight excluding hydrogens is 326 g/mol. The molecule has 0 heterocycles. The second-order valence-corrected chi connectivity index (χ2v) is 8.44. The van der Waals surface area contributed by atoms with E-state index in [-0.39, 0.29) is 30.8 Å². The number of hydrogen-bond acceptors (Lipinski definition) is 3. The van der Waals surface area contributed by atoms with Crippen LogP contribution < -0.4 is 5.32 Å². The number of benzene rings is 1. The Labute approximate surface area is 157 Å². The highest BCUT2D eigenvalue weighted by Gasteiger charge is 2.30. The minimum absolute atomic E-state index is 0.0378. The van der Waals surface area contributed by atoms with E-state index in [0.29, 0.717) is 18.4 Å². The van der Waals surface area contributed by atoms with E-state index in [1.54, 1.807) is 0 Å². The highest BCUT2D eigenvalue weighted by atomic mass is 16.5. The molecule has 0 saturated heterocycles. The van der Waals surface area contributed by atoms with E-state index in [4.69, 9.17) is 4.74 Å². The lowest BCUT2D eigenvalue weighted by atomic mass is 9.71. The van der Waals surface area contributed by atoms with Crippen LogP contribution in [-0.2, 0) is 20.7 Å². The van der Waals surface area contributed by atoms with Gasteiger partial charge in [0.25, 0.3) is 0 Å². The molecule has 0 bridgehead atoms. The Hall–Kier alpha value is -1.84. The average molecular weight is 360 g/mol. The summed E-state index contributed by atoms with van der Waals surface area (Å²) >= 11 is 0. The zero-order valence-electron chi connectivity index (χ0n) is 16.4. The van der Waals surface area contributed by atoms with E-state index < -0.39 is 0 Å². The fourth-order valence-electron chi connectivity index (χ4n) is 3.62. The first-order chi connectivity index (χ1) is 12.3. The van der Waals surface area contributed by atoms with E-state index in [2.05, 4.69) is 26.1 Å². The summed E-state index contributed by atoms with van der Waals surface area (Å²) in [5.41, 5.74) is 1.49. The SMILES string of the molecule is CC(C)(C)C1CCC(NC(=O)CCC(=O)OCCc2ccccc2)CC1. The number of rotatable bonds is 7. The first kappa shape index (κ1) is 20.5. The van der Waals surface area contributed by atoms with Crippen molar-refractivity contribution >= 4 is 11.9 Å². The maximum absolute atomic E-state index is 12.1. The van der Waals surface area contributed by atoms with Gasteiger partial charge in [0.1, 0.15) is 0 Å². The summed E-state index contributed by atoms with van der Waals surface area (Å²) in [7, 11) is 0. The zero-order chi connectivity index (χ0) is 19.0. The maximum atomic E-state index is 12.1. The van der Waals surface area contributed by atoms with Crippen molar-refractivity contribution in [3.05, 3.63) is 35.9 Å². The van der Waals surface area contributed by atoms with Crippen molar-refractivity contribution < 1.29 is 14.3 Å².